The molecule has 0 aliphatic heterocycles. The van der Waals surface area contributed by atoms with Gasteiger partial charge in [0.25, 0.3) is 0 Å². The highest BCUT2D eigenvalue weighted by Gasteiger charge is 2.05. The summed E-state index contributed by atoms with van der Waals surface area (Å²) in [6.45, 7) is 3.58. The van der Waals surface area contributed by atoms with Gasteiger partial charge in [-0.2, -0.15) is 0 Å². The first kappa shape index (κ1) is 13.2. The molecule has 0 bridgehead atoms. The Balaban J connectivity index is 3.05. The molecule has 3 nitrogen and oxygen atoms in total. The Morgan fingerprint density at radius 2 is 2.00 bits per heavy atom. The first-order chi connectivity index (χ1) is 8.06. The van der Waals surface area contributed by atoms with Crippen molar-refractivity contribution in [2.45, 2.75) is 13.8 Å². The largest absolute Gasteiger partial charge is 0.350 e. The van der Waals surface area contributed by atoms with Crippen molar-refractivity contribution in [3.05, 3.63) is 41.6 Å². The number of carbonyl (C=O) groups is 1. The molecule has 1 aromatic carbocycles. The molecule has 0 fully saturated rings. The molecule has 0 spiro atoms. The van der Waals surface area contributed by atoms with Gasteiger partial charge in [-0.1, -0.05) is 18.2 Å². The SMILES string of the molecule is CN=C/C(=C\N(C)c1ccccc1C)C(C)=O. The molecule has 0 saturated heterocycles. The molecule has 0 heterocycles. The number of nitrogens with zero attached hydrogens (tertiary/aromatic N) is 2. The van der Waals surface area contributed by atoms with E-state index in [4.69, 9.17) is 0 Å². The fourth-order valence-electron chi connectivity index (χ4n) is 1.59. The van der Waals surface area contributed by atoms with Gasteiger partial charge in [0, 0.05) is 32.2 Å². The molecule has 0 N–H and O–H groups in total. The molecule has 0 radical (unpaired) electrons. The second-order valence-corrected chi connectivity index (χ2v) is 3.93. The Bertz CT molecular complexity index is 461. The number of para-hydroxylation sites is 1. The summed E-state index contributed by atoms with van der Waals surface area (Å²) in [7, 11) is 3.58. The first-order valence-electron chi connectivity index (χ1n) is 5.49. The van der Waals surface area contributed by atoms with E-state index in [1.807, 2.05) is 43.1 Å². The molecule has 0 unspecified atom stereocenters. The standard InChI is InChI=1S/C14H18N2O/c1-11-7-5-6-8-14(11)16(4)10-13(9-15-3)12(2)17/h5-10H,1-4H3/b13-10+,15-9?. The van der Waals surface area contributed by atoms with Crippen LogP contribution in [0.25, 0.3) is 0 Å². The average molecular weight is 230 g/mol. The number of anilines is 1. The molecular weight excluding hydrogens is 212 g/mol. The van der Waals surface area contributed by atoms with Crippen LogP contribution >= 0.6 is 0 Å². The van der Waals surface area contributed by atoms with Crippen LogP contribution in [0.1, 0.15) is 12.5 Å². The maximum atomic E-state index is 11.4. The Morgan fingerprint density at radius 1 is 1.35 bits per heavy atom. The number of Topliss-reactive ketones (excluding diaryl/α,β-unsaturated/α-hetero) is 1. The highest BCUT2D eigenvalue weighted by atomic mass is 16.1. The number of hydrogen-bond acceptors (Lipinski definition) is 3. The maximum Gasteiger partial charge on any atom is 0.162 e. The lowest BCUT2D eigenvalue weighted by Gasteiger charge is -2.17. The third-order valence-corrected chi connectivity index (χ3v) is 2.50. The minimum atomic E-state index is 0.0102. The highest BCUT2D eigenvalue weighted by Crippen LogP contribution is 2.18. The predicted octanol–water partition coefficient (Wildman–Crippen LogP) is 2.60. The highest BCUT2D eigenvalue weighted by molar-refractivity contribution is 6.12. The zero-order valence-electron chi connectivity index (χ0n) is 10.8. The zero-order chi connectivity index (χ0) is 12.8. The van der Waals surface area contributed by atoms with Gasteiger partial charge in [-0.05, 0) is 25.5 Å². The molecule has 17 heavy (non-hydrogen) atoms. The van der Waals surface area contributed by atoms with Gasteiger partial charge in [0.05, 0.1) is 5.57 Å². The minimum absolute atomic E-state index is 0.0102. The molecule has 0 aromatic heterocycles. The van der Waals surface area contributed by atoms with Crippen molar-refractivity contribution in [2.75, 3.05) is 19.0 Å². The summed E-state index contributed by atoms with van der Waals surface area (Å²) >= 11 is 0. The van der Waals surface area contributed by atoms with Crippen molar-refractivity contribution >= 4 is 17.7 Å². The van der Waals surface area contributed by atoms with E-state index >= 15 is 0 Å². The fraction of sp³-hybridized carbons (Fsp3) is 0.286. The number of rotatable bonds is 4. The van der Waals surface area contributed by atoms with Crippen molar-refractivity contribution in [3.8, 4) is 0 Å². The summed E-state index contributed by atoms with van der Waals surface area (Å²) in [5.41, 5.74) is 2.84. The third kappa shape index (κ3) is 3.55. The Morgan fingerprint density at radius 3 is 2.53 bits per heavy atom. The number of ketones is 1. The Labute approximate surface area is 102 Å². The van der Waals surface area contributed by atoms with Crippen LogP contribution in [0.5, 0.6) is 0 Å². The lowest BCUT2D eigenvalue weighted by atomic mass is 10.1. The van der Waals surface area contributed by atoms with E-state index in [0.717, 1.165) is 5.69 Å². The summed E-state index contributed by atoms with van der Waals surface area (Å²) in [6, 6.07) is 8.04. The summed E-state index contributed by atoms with van der Waals surface area (Å²) in [4.78, 5) is 17.2. The second-order valence-electron chi connectivity index (χ2n) is 3.93. The van der Waals surface area contributed by atoms with Crippen LogP contribution in [-0.4, -0.2) is 26.1 Å². The van der Waals surface area contributed by atoms with E-state index in [-0.39, 0.29) is 5.78 Å². The Hall–Kier alpha value is -1.90. The fourth-order valence-corrected chi connectivity index (χ4v) is 1.59. The molecule has 3 heteroatoms. The van der Waals surface area contributed by atoms with Gasteiger partial charge in [0.1, 0.15) is 0 Å². The molecular formula is C14H18N2O. The lowest BCUT2D eigenvalue weighted by Crippen LogP contribution is -2.13. The summed E-state index contributed by atoms with van der Waals surface area (Å²) in [5, 5.41) is 0. The topological polar surface area (TPSA) is 32.7 Å². The maximum absolute atomic E-state index is 11.4. The van der Waals surface area contributed by atoms with Crippen LogP contribution < -0.4 is 4.90 Å². The Kier molecular flexibility index (Phi) is 4.64. The van der Waals surface area contributed by atoms with E-state index in [9.17, 15) is 4.79 Å². The monoisotopic (exact) mass is 230 g/mol. The smallest absolute Gasteiger partial charge is 0.162 e. The van der Waals surface area contributed by atoms with Crippen molar-refractivity contribution in [2.24, 2.45) is 4.99 Å². The molecule has 0 saturated carbocycles. The molecule has 0 amide bonds. The molecule has 90 valence electrons. The molecule has 0 aliphatic carbocycles. The van der Waals surface area contributed by atoms with Crippen LogP contribution in [-0.2, 0) is 4.79 Å². The molecule has 1 aromatic rings. The van der Waals surface area contributed by atoms with Crippen molar-refractivity contribution < 1.29 is 4.79 Å². The number of aliphatic imine (C=N–C) groups is 1. The third-order valence-electron chi connectivity index (χ3n) is 2.50. The lowest BCUT2D eigenvalue weighted by molar-refractivity contribution is -0.113. The molecule has 0 atom stereocenters. The first-order valence-corrected chi connectivity index (χ1v) is 5.49. The number of hydrogen-bond donors (Lipinski definition) is 0. The van der Waals surface area contributed by atoms with Gasteiger partial charge in [-0.25, -0.2) is 0 Å². The number of allylic oxidation sites excluding steroid dienone is 1. The van der Waals surface area contributed by atoms with Gasteiger partial charge in [0.15, 0.2) is 5.78 Å². The quantitative estimate of drug-likeness (QED) is 0.588. The van der Waals surface area contributed by atoms with Crippen LogP contribution in [0.2, 0.25) is 0 Å². The van der Waals surface area contributed by atoms with Crippen LogP contribution in [0.3, 0.4) is 0 Å². The summed E-state index contributed by atoms with van der Waals surface area (Å²) < 4.78 is 0. The zero-order valence-corrected chi connectivity index (χ0v) is 10.8. The van der Waals surface area contributed by atoms with E-state index < -0.39 is 0 Å². The van der Waals surface area contributed by atoms with Crippen LogP contribution in [0, 0.1) is 6.92 Å². The van der Waals surface area contributed by atoms with Crippen molar-refractivity contribution in [3.63, 3.8) is 0 Å². The van der Waals surface area contributed by atoms with Crippen LogP contribution in [0.4, 0.5) is 5.69 Å². The number of aryl methyl sites for hydroxylation is 1. The summed E-state index contributed by atoms with van der Waals surface area (Å²) in [6.07, 6.45) is 3.38. The van der Waals surface area contributed by atoms with Crippen molar-refractivity contribution in [1.82, 2.24) is 0 Å². The van der Waals surface area contributed by atoms with Gasteiger partial charge in [-0.3, -0.25) is 9.79 Å². The summed E-state index contributed by atoms with van der Waals surface area (Å²) in [5.74, 6) is 0.0102. The normalized spacial score (nSPS) is 11.9. The van der Waals surface area contributed by atoms with E-state index in [1.54, 1.807) is 26.4 Å². The second kappa shape index (κ2) is 5.99. The predicted molar refractivity (Wildman–Crippen MR) is 72.8 cm³/mol. The van der Waals surface area contributed by atoms with Gasteiger partial charge < -0.3 is 4.90 Å². The minimum Gasteiger partial charge on any atom is -0.350 e. The number of benzene rings is 1. The van der Waals surface area contributed by atoms with Gasteiger partial charge in [-0.15, -0.1) is 0 Å². The van der Waals surface area contributed by atoms with E-state index in [2.05, 4.69) is 4.99 Å². The van der Waals surface area contributed by atoms with Gasteiger partial charge in [0.2, 0.25) is 0 Å². The molecule has 1 rings (SSSR count). The number of carbonyl (C=O) groups excluding carboxylic acids is 1. The van der Waals surface area contributed by atoms with E-state index in [0.29, 0.717) is 5.57 Å². The van der Waals surface area contributed by atoms with E-state index in [1.165, 1.54) is 5.56 Å². The average Bonchev–Trinajstić information content (AvgIpc) is 2.28. The van der Waals surface area contributed by atoms with Gasteiger partial charge >= 0.3 is 0 Å². The molecule has 0 aliphatic rings. The van der Waals surface area contributed by atoms with Crippen molar-refractivity contribution in [1.29, 1.82) is 0 Å². The van der Waals surface area contributed by atoms with Crippen LogP contribution in [0.15, 0.2) is 41.0 Å².